The Morgan fingerprint density at radius 1 is 1.00 bits per heavy atom. The second-order valence-electron chi connectivity index (χ2n) is 6.51. The summed E-state index contributed by atoms with van der Waals surface area (Å²) in [5, 5.41) is 0. The fourth-order valence-corrected chi connectivity index (χ4v) is 4.64. The van der Waals surface area contributed by atoms with Gasteiger partial charge in [0.05, 0.1) is 31.9 Å². The van der Waals surface area contributed by atoms with Crippen LogP contribution in [0.5, 0.6) is 23.0 Å². The van der Waals surface area contributed by atoms with Gasteiger partial charge in [0, 0.05) is 3.57 Å². The van der Waals surface area contributed by atoms with E-state index in [0.717, 1.165) is 26.2 Å². The number of methoxy groups -OCH3 is 2. The zero-order chi connectivity index (χ0) is 18.7. The number of amides is 1. The monoisotopic (exact) mass is 477 g/mol. The topological polar surface area (TPSA) is 57.2 Å². The van der Waals surface area contributed by atoms with Crippen LogP contribution in [0.15, 0.2) is 36.4 Å². The molecule has 138 valence electrons. The number of hydrogen-bond acceptors (Lipinski definition) is 5. The van der Waals surface area contributed by atoms with Gasteiger partial charge in [-0.2, -0.15) is 0 Å². The molecule has 5 rings (SSSR count). The van der Waals surface area contributed by atoms with Crippen molar-refractivity contribution < 1.29 is 23.7 Å². The number of hydrogen-bond donors (Lipinski definition) is 0. The smallest absolute Gasteiger partial charge is 0.256 e. The summed E-state index contributed by atoms with van der Waals surface area (Å²) in [4.78, 5) is 15.3. The largest absolute Gasteiger partial charge is 0.493 e. The summed E-state index contributed by atoms with van der Waals surface area (Å²) in [5.41, 5.74) is 2.78. The molecule has 2 bridgehead atoms. The van der Waals surface area contributed by atoms with E-state index in [1.807, 2.05) is 23.1 Å². The Labute approximate surface area is 169 Å². The molecule has 3 aliphatic rings. The Morgan fingerprint density at radius 3 is 2.11 bits per heavy atom. The zero-order valence-corrected chi connectivity index (χ0v) is 16.8. The van der Waals surface area contributed by atoms with Crippen LogP contribution in [0.25, 0.3) is 0 Å². The molecule has 2 atom stereocenters. The quantitative estimate of drug-likeness (QED) is 0.497. The summed E-state index contributed by atoms with van der Waals surface area (Å²) in [7, 11) is 3.15. The Balaban J connectivity index is 1.54. The number of benzene rings is 2. The van der Waals surface area contributed by atoms with Gasteiger partial charge >= 0.3 is 0 Å². The number of halogens is 1. The van der Waals surface area contributed by atoms with Gasteiger partial charge in [0.2, 0.25) is 6.79 Å². The first-order chi connectivity index (χ1) is 13.1. The Bertz CT molecular complexity index is 961. The fourth-order valence-electron chi connectivity index (χ4n) is 3.97. The van der Waals surface area contributed by atoms with Crippen LogP contribution >= 0.6 is 22.6 Å². The van der Waals surface area contributed by atoms with Crippen LogP contribution in [0.2, 0.25) is 0 Å². The first-order valence-corrected chi connectivity index (χ1v) is 9.56. The first-order valence-electron chi connectivity index (χ1n) is 8.48. The maximum atomic E-state index is 13.4. The van der Waals surface area contributed by atoms with Gasteiger partial charge < -0.3 is 23.8 Å². The molecule has 0 aliphatic carbocycles. The molecule has 3 heterocycles. The number of rotatable bonds is 3. The average molecular weight is 477 g/mol. The summed E-state index contributed by atoms with van der Waals surface area (Å²) >= 11 is 2.16. The molecule has 3 aliphatic heterocycles. The van der Waals surface area contributed by atoms with Crippen LogP contribution in [0.3, 0.4) is 0 Å². The molecular weight excluding hydrogens is 461 g/mol. The summed E-state index contributed by atoms with van der Waals surface area (Å²) in [6.07, 6.45) is 4.14. The van der Waals surface area contributed by atoms with E-state index in [4.69, 9.17) is 18.9 Å². The highest BCUT2D eigenvalue weighted by molar-refractivity contribution is 14.1. The van der Waals surface area contributed by atoms with Crippen LogP contribution in [-0.4, -0.2) is 31.8 Å². The minimum absolute atomic E-state index is 0.0430. The summed E-state index contributed by atoms with van der Waals surface area (Å²) in [5.74, 6) is 2.58. The number of carbonyl (C=O) groups is 1. The highest BCUT2D eigenvalue weighted by atomic mass is 127. The van der Waals surface area contributed by atoms with Crippen LogP contribution in [0.1, 0.15) is 33.6 Å². The van der Waals surface area contributed by atoms with Gasteiger partial charge in [-0.25, -0.2) is 0 Å². The molecule has 2 unspecified atom stereocenters. The van der Waals surface area contributed by atoms with Crippen LogP contribution in [0.4, 0.5) is 0 Å². The lowest BCUT2D eigenvalue weighted by Crippen LogP contribution is -2.29. The second-order valence-corrected chi connectivity index (χ2v) is 7.67. The molecule has 0 saturated heterocycles. The van der Waals surface area contributed by atoms with Crippen LogP contribution in [-0.2, 0) is 0 Å². The van der Waals surface area contributed by atoms with Gasteiger partial charge in [0.25, 0.3) is 5.91 Å². The number of nitrogens with zero attached hydrogens (tertiary/aromatic N) is 1. The molecule has 0 spiro atoms. The zero-order valence-electron chi connectivity index (χ0n) is 14.7. The van der Waals surface area contributed by atoms with Crippen molar-refractivity contribution >= 4 is 28.5 Å². The molecule has 2 aromatic carbocycles. The standard InChI is InChI=1S/C20H16INO5/c1-24-16-7-12(13(21)8-17(16)25-2)20(23)22-14-3-4-15(22)11-6-19-18(5-10(11)14)26-9-27-19/h3-8,14-15H,9H2,1-2H3. The van der Waals surface area contributed by atoms with Gasteiger partial charge in [0.15, 0.2) is 23.0 Å². The molecule has 0 N–H and O–H groups in total. The molecule has 0 saturated carbocycles. The highest BCUT2D eigenvalue weighted by Gasteiger charge is 2.44. The average Bonchev–Trinajstić information content (AvgIpc) is 3.38. The lowest BCUT2D eigenvalue weighted by molar-refractivity contribution is 0.0711. The van der Waals surface area contributed by atoms with E-state index in [9.17, 15) is 4.79 Å². The molecule has 0 aromatic heterocycles. The van der Waals surface area contributed by atoms with E-state index in [1.54, 1.807) is 20.3 Å². The van der Waals surface area contributed by atoms with E-state index in [0.29, 0.717) is 17.1 Å². The summed E-state index contributed by atoms with van der Waals surface area (Å²) in [6, 6.07) is 7.35. The predicted octanol–water partition coefficient (Wildman–Crippen LogP) is 3.85. The van der Waals surface area contributed by atoms with Crippen LogP contribution < -0.4 is 18.9 Å². The van der Waals surface area contributed by atoms with Gasteiger partial charge in [-0.05, 0) is 58.0 Å². The summed E-state index contributed by atoms with van der Waals surface area (Å²) < 4.78 is 22.5. The highest BCUT2D eigenvalue weighted by Crippen LogP contribution is 2.53. The lowest BCUT2D eigenvalue weighted by atomic mass is 9.96. The van der Waals surface area contributed by atoms with Crippen molar-refractivity contribution in [3.63, 3.8) is 0 Å². The number of carbonyl (C=O) groups excluding carboxylic acids is 1. The van der Waals surface area contributed by atoms with Gasteiger partial charge in [-0.3, -0.25) is 4.79 Å². The van der Waals surface area contributed by atoms with E-state index in [2.05, 4.69) is 34.7 Å². The van der Waals surface area contributed by atoms with E-state index >= 15 is 0 Å². The Hall–Kier alpha value is -2.42. The molecule has 0 radical (unpaired) electrons. The van der Waals surface area contributed by atoms with Crippen molar-refractivity contribution in [1.29, 1.82) is 0 Å². The third kappa shape index (κ3) is 2.33. The Kier molecular flexibility index (Phi) is 3.75. The maximum absolute atomic E-state index is 13.4. The van der Waals surface area contributed by atoms with E-state index in [-0.39, 0.29) is 24.8 Å². The SMILES string of the molecule is COc1cc(I)c(C(=O)N2C3C=CC2c2cc4c(cc23)OCO4)cc1OC. The molecule has 27 heavy (non-hydrogen) atoms. The van der Waals surface area contributed by atoms with E-state index in [1.165, 1.54) is 0 Å². The minimum Gasteiger partial charge on any atom is -0.493 e. The van der Waals surface area contributed by atoms with Crippen molar-refractivity contribution in [3.8, 4) is 23.0 Å². The molecule has 7 heteroatoms. The Morgan fingerprint density at radius 2 is 1.56 bits per heavy atom. The molecule has 1 amide bonds. The van der Waals surface area contributed by atoms with Crippen LogP contribution in [0, 0.1) is 3.57 Å². The van der Waals surface area contributed by atoms with Gasteiger partial charge in [-0.15, -0.1) is 0 Å². The van der Waals surface area contributed by atoms with Crippen molar-refractivity contribution in [3.05, 3.63) is 56.7 Å². The normalized spacial score (nSPS) is 20.8. The van der Waals surface area contributed by atoms with Gasteiger partial charge in [0.1, 0.15) is 0 Å². The third-order valence-electron chi connectivity index (χ3n) is 5.23. The predicted molar refractivity (Wildman–Crippen MR) is 106 cm³/mol. The van der Waals surface area contributed by atoms with Crippen molar-refractivity contribution in [2.24, 2.45) is 0 Å². The van der Waals surface area contributed by atoms with Crippen molar-refractivity contribution in [2.75, 3.05) is 21.0 Å². The molecule has 6 nitrogen and oxygen atoms in total. The fraction of sp³-hybridized carbons (Fsp3) is 0.250. The van der Waals surface area contributed by atoms with Crippen molar-refractivity contribution in [2.45, 2.75) is 12.1 Å². The molecule has 0 fully saturated rings. The number of fused-ring (bicyclic) bond motifs is 6. The first kappa shape index (κ1) is 16.7. The maximum Gasteiger partial charge on any atom is 0.256 e. The third-order valence-corrected chi connectivity index (χ3v) is 6.12. The molecular formula is C20H16INO5. The second kappa shape index (κ2) is 6.05. The number of ether oxygens (including phenoxy) is 4. The van der Waals surface area contributed by atoms with Gasteiger partial charge in [-0.1, -0.05) is 12.2 Å². The summed E-state index contributed by atoms with van der Waals surface area (Å²) in [6.45, 7) is 0.244. The lowest BCUT2D eigenvalue weighted by Gasteiger charge is -2.24. The van der Waals surface area contributed by atoms with E-state index < -0.39 is 0 Å². The van der Waals surface area contributed by atoms with Crippen molar-refractivity contribution in [1.82, 2.24) is 4.90 Å². The minimum atomic E-state index is -0.101. The molecule has 2 aromatic rings.